The Kier molecular flexibility index (Phi) is 3.67. The molecule has 0 aliphatic rings. The van der Waals surface area contributed by atoms with Gasteiger partial charge in [-0.2, -0.15) is 0 Å². The minimum atomic E-state index is -3.24. The number of benzene rings is 2. The molecule has 1 N–H and O–H groups in total. The molecule has 0 aliphatic heterocycles. The minimum absolute atomic E-state index is 0.219. The SMILES string of the molecule is CS(=O)(=O)c1ccc(NC(=O)c2ccc3ncsc3c2)cc1. The molecule has 1 aromatic heterocycles. The lowest BCUT2D eigenvalue weighted by molar-refractivity contribution is 0.102. The number of thiazole rings is 1. The Labute approximate surface area is 131 Å². The summed E-state index contributed by atoms with van der Waals surface area (Å²) in [5.74, 6) is -0.248. The molecule has 22 heavy (non-hydrogen) atoms. The summed E-state index contributed by atoms with van der Waals surface area (Å²) in [7, 11) is -3.24. The van der Waals surface area contributed by atoms with Crippen LogP contribution in [0.4, 0.5) is 5.69 Å². The Morgan fingerprint density at radius 1 is 1.14 bits per heavy atom. The highest BCUT2D eigenvalue weighted by Crippen LogP contribution is 2.20. The van der Waals surface area contributed by atoms with Crippen LogP contribution in [-0.2, 0) is 9.84 Å². The maximum absolute atomic E-state index is 12.2. The molecule has 7 heteroatoms. The number of sulfone groups is 1. The number of aromatic nitrogens is 1. The van der Waals surface area contributed by atoms with Crippen molar-refractivity contribution >= 4 is 43.0 Å². The fourth-order valence-corrected chi connectivity index (χ4v) is 3.33. The van der Waals surface area contributed by atoms with Gasteiger partial charge in [0, 0.05) is 17.5 Å². The number of anilines is 1. The molecule has 0 aliphatic carbocycles. The van der Waals surface area contributed by atoms with Crippen LogP contribution < -0.4 is 5.32 Å². The number of carbonyl (C=O) groups is 1. The second kappa shape index (κ2) is 5.51. The second-order valence-corrected chi connectivity index (χ2v) is 7.69. The van der Waals surface area contributed by atoms with Crippen molar-refractivity contribution in [2.24, 2.45) is 0 Å². The molecule has 3 rings (SSSR count). The number of nitrogens with one attached hydrogen (secondary N) is 1. The predicted octanol–water partition coefficient (Wildman–Crippen LogP) is 2.95. The van der Waals surface area contributed by atoms with Crippen LogP contribution in [0.1, 0.15) is 10.4 Å². The maximum atomic E-state index is 12.2. The van der Waals surface area contributed by atoms with E-state index in [9.17, 15) is 13.2 Å². The van der Waals surface area contributed by atoms with E-state index < -0.39 is 9.84 Å². The van der Waals surface area contributed by atoms with E-state index in [2.05, 4.69) is 10.3 Å². The van der Waals surface area contributed by atoms with Gasteiger partial charge in [0.25, 0.3) is 5.91 Å². The molecule has 0 bridgehead atoms. The van der Waals surface area contributed by atoms with Gasteiger partial charge >= 0.3 is 0 Å². The summed E-state index contributed by atoms with van der Waals surface area (Å²) < 4.78 is 23.7. The first-order chi connectivity index (χ1) is 10.4. The van der Waals surface area contributed by atoms with E-state index in [0.717, 1.165) is 16.5 Å². The Bertz CT molecular complexity index is 944. The highest BCUT2D eigenvalue weighted by atomic mass is 32.2. The van der Waals surface area contributed by atoms with Crippen molar-refractivity contribution in [2.75, 3.05) is 11.6 Å². The quantitative estimate of drug-likeness (QED) is 0.800. The Balaban J connectivity index is 1.81. The lowest BCUT2D eigenvalue weighted by Crippen LogP contribution is -2.11. The van der Waals surface area contributed by atoms with Gasteiger partial charge in [-0.1, -0.05) is 0 Å². The van der Waals surface area contributed by atoms with Gasteiger partial charge in [0.15, 0.2) is 9.84 Å². The van der Waals surface area contributed by atoms with E-state index in [0.29, 0.717) is 11.3 Å². The van der Waals surface area contributed by atoms with E-state index in [4.69, 9.17) is 0 Å². The van der Waals surface area contributed by atoms with Crippen LogP contribution >= 0.6 is 11.3 Å². The molecule has 0 saturated carbocycles. The van der Waals surface area contributed by atoms with Crippen LogP contribution in [-0.4, -0.2) is 25.6 Å². The van der Waals surface area contributed by atoms with E-state index in [1.807, 2.05) is 0 Å². The predicted molar refractivity (Wildman–Crippen MR) is 87.1 cm³/mol. The van der Waals surface area contributed by atoms with Crippen molar-refractivity contribution in [3.05, 3.63) is 53.5 Å². The fraction of sp³-hybridized carbons (Fsp3) is 0.0667. The smallest absolute Gasteiger partial charge is 0.255 e. The Morgan fingerprint density at radius 2 is 1.86 bits per heavy atom. The third-order valence-corrected chi connectivity index (χ3v) is 5.05. The molecular weight excluding hydrogens is 320 g/mol. The average Bonchev–Trinajstić information content (AvgIpc) is 2.94. The number of hydrogen-bond acceptors (Lipinski definition) is 5. The van der Waals surface area contributed by atoms with Gasteiger partial charge < -0.3 is 5.32 Å². The molecule has 0 spiro atoms. The lowest BCUT2D eigenvalue weighted by Gasteiger charge is -2.06. The number of amides is 1. The summed E-state index contributed by atoms with van der Waals surface area (Å²) in [6, 6.07) is 11.4. The molecule has 0 radical (unpaired) electrons. The van der Waals surface area contributed by atoms with Gasteiger partial charge in [0.05, 0.1) is 20.6 Å². The monoisotopic (exact) mass is 332 g/mol. The molecule has 1 heterocycles. The van der Waals surface area contributed by atoms with Gasteiger partial charge in [-0.05, 0) is 42.5 Å². The summed E-state index contributed by atoms with van der Waals surface area (Å²) in [6.07, 6.45) is 1.14. The third-order valence-electron chi connectivity index (χ3n) is 3.13. The average molecular weight is 332 g/mol. The van der Waals surface area contributed by atoms with E-state index in [1.165, 1.54) is 23.5 Å². The Hall–Kier alpha value is -2.25. The van der Waals surface area contributed by atoms with Gasteiger partial charge in [0.2, 0.25) is 0 Å². The summed E-state index contributed by atoms with van der Waals surface area (Å²) >= 11 is 1.47. The number of rotatable bonds is 3. The molecule has 5 nitrogen and oxygen atoms in total. The van der Waals surface area contributed by atoms with Crippen molar-refractivity contribution in [2.45, 2.75) is 4.90 Å². The largest absolute Gasteiger partial charge is 0.322 e. The summed E-state index contributed by atoms with van der Waals surface area (Å²) in [5, 5.41) is 2.74. The van der Waals surface area contributed by atoms with Crippen LogP contribution in [0.2, 0.25) is 0 Å². The van der Waals surface area contributed by atoms with Crippen LogP contribution in [0.3, 0.4) is 0 Å². The molecule has 0 atom stereocenters. The van der Waals surface area contributed by atoms with Gasteiger partial charge in [-0.3, -0.25) is 4.79 Å². The third kappa shape index (κ3) is 3.00. The number of hydrogen-bond donors (Lipinski definition) is 1. The molecule has 0 saturated heterocycles. The zero-order valence-corrected chi connectivity index (χ0v) is 13.2. The van der Waals surface area contributed by atoms with E-state index >= 15 is 0 Å². The molecular formula is C15H12N2O3S2. The van der Waals surface area contributed by atoms with Gasteiger partial charge in [-0.25, -0.2) is 13.4 Å². The molecule has 112 valence electrons. The van der Waals surface area contributed by atoms with Crippen molar-refractivity contribution in [1.82, 2.24) is 4.98 Å². The first-order valence-electron chi connectivity index (χ1n) is 6.38. The summed E-state index contributed by atoms with van der Waals surface area (Å²) in [6.45, 7) is 0. The molecule has 0 unspecified atom stereocenters. The van der Waals surface area contributed by atoms with E-state index in [1.54, 1.807) is 35.8 Å². The van der Waals surface area contributed by atoms with Crippen molar-refractivity contribution in [3.8, 4) is 0 Å². The number of nitrogens with zero attached hydrogens (tertiary/aromatic N) is 1. The highest BCUT2D eigenvalue weighted by molar-refractivity contribution is 7.90. The zero-order chi connectivity index (χ0) is 15.7. The van der Waals surface area contributed by atoms with Crippen LogP contribution in [0.15, 0.2) is 52.9 Å². The zero-order valence-electron chi connectivity index (χ0n) is 11.6. The maximum Gasteiger partial charge on any atom is 0.255 e. The van der Waals surface area contributed by atoms with Gasteiger partial charge in [0.1, 0.15) is 0 Å². The van der Waals surface area contributed by atoms with E-state index in [-0.39, 0.29) is 10.8 Å². The van der Waals surface area contributed by atoms with Crippen molar-refractivity contribution in [1.29, 1.82) is 0 Å². The lowest BCUT2D eigenvalue weighted by atomic mass is 10.2. The molecule has 3 aromatic rings. The molecule has 0 fully saturated rings. The van der Waals surface area contributed by atoms with Crippen LogP contribution in [0, 0.1) is 0 Å². The number of carbonyl (C=O) groups excluding carboxylic acids is 1. The molecule has 2 aromatic carbocycles. The number of fused-ring (bicyclic) bond motifs is 1. The summed E-state index contributed by atoms with van der Waals surface area (Å²) in [4.78, 5) is 16.6. The van der Waals surface area contributed by atoms with Crippen molar-refractivity contribution in [3.63, 3.8) is 0 Å². The van der Waals surface area contributed by atoms with Gasteiger partial charge in [-0.15, -0.1) is 11.3 Å². The second-order valence-electron chi connectivity index (χ2n) is 4.79. The molecule has 1 amide bonds. The Morgan fingerprint density at radius 3 is 2.55 bits per heavy atom. The summed E-state index contributed by atoms with van der Waals surface area (Å²) in [5.41, 5.74) is 3.67. The van der Waals surface area contributed by atoms with Crippen LogP contribution in [0.5, 0.6) is 0 Å². The fourth-order valence-electron chi connectivity index (χ4n) is 1.99. The normalized spacial score (nSPS) is 11.5. The first kappa shape index (κ1) is 14.7. The minimum Gasteiger partial charge on any atom is -0.322 e. The van der Waals surface area contributed by atoms with Crippen molar-refractivity contribution < 1.29 is 13.2 Å². The first-order valence-corrected chi connectivity index (χ1v) is 9.15. The van der Waals surface area contributed by atoms with Crippen LogP contribution in [0.25, 0.3) is 10.2 Å². The topological polar surface area (TPSA) is 76.1 Å². The standard InChI is InChI=1S/C15H12N2O3S2/c1-22(19,20)12-5-3-11(4-6-12)17-15(18)10-2-7-13-14(8-10)21-9-16-13/h2-9H,1H3,(H,17,18). The highest BCUT2D eigenvalue weighted by Gasteiger charge is 2.10.